The summed E-state index contributed by atoms with van der Waals surface area (Å²) in [7, 11) is -2.05. The molecule has 0 saturated carbocycles. The minimum Gasteiger partial charge on any atom is -0.496 e. The summed E-state index contributed by atoms with van der Waals surface area (Å²) in [4.78, 5) is 17.0. The van der Waals surface area contributed by atoms with Crippen molar-refractivity contribution >= 4 is 31.9 Å². The molecule has 0 aliphatic carbocycles. The van der Waals surface area contributed by atoms with Crippen LogP contribution in [0.5, 0.6) is 5.75 Å². The number of ether oxygens (including phenoxy) is 1. The van der Waals surface area contributed by atoms with E-state index in [9.17, 15) is 13.2 Å². The molecule has 1 saturated heterocycles. The summed E-state index contributed by atoms with van der Waals surface area (Å²) in [5.74, 6) is 1.05. The van der Waals surface area contributed by atoms with Crippen LogP contribution in [0.1, 0.15) is 37.1 Å². The first-order valence-corrected chi connectivity index (χ1v) is 13.6. The number of methoxy groups -OCH3 is 1. The normalized spacial score (nSPS) is 14.6. The standard InChI is InChI=1S/C24H27BrN4O5S/c1-33-21-10-9-20(35(31,32)29-12-3-2-4-13-29)15-17(21)8-11-22(30)26-16-23-27-24(28-34-23)18-6-5-7-19(25)14-18/h5-7,9-10,14-15H,2-4,8,11-13,16H2,1H3,(H,26,30). The lowest BCUT2D eigenvalue weighted by Gasteiger charge is -2.26. The largest absolute Gasteiger partial charge is 0.496 e. The number of carbonyl (C=O) groups is 1. The second-order valence-corrected chi connectivity index (χ2v) is 11.1. The van der Waals surface area contributed by atoms with E-state index in [1.165, 1.54) is 11.4 Å². The van der Waals surface area contributed by atoms with Crippen molar-refractivity contribution in [3.05, 3.63) is 58.4 Å². The fourth-order valence-electron chi connectivity index (χ4n) is 3.95. The fraction of sp³-hybridized carbons (Fsp3) is 0.375. The van der Waals surface area contributed by atoms with Crippen LogP contribution in [0.3, 0.4) is 0 Å². The number of aryl methyl sites for hydroxylation is 1. The molecule has 4 rings (SSSR count). The van der Waals surface area contributed by atoms with Gasteiger partial charge >= 0.3 is 0 Å². The summed E-state index contributed by atoms with van der Waals surface area (Å²) >= 11 is 3.41. The molecule has 0 bridgehead atoms. The zero-order chi connectivity index (χ0) is 24.8. The van der Waals surface area contributed by atoms with Crippen LogP contribution < -0.4 is 10.1 Å². The maximum atomic E-state index is 13.0. The van der Waals surface area contributed by atoms with Crippen LogP contribution in [0.4, 0.5) is 0 Å². The third kappa shape index (κ3) is 6.28. The molecule has 2 heterocycles. The molecule has 1 fully saturated rings. The molecule has 1 aromatic heterocycles. The number of rotatable bonds is 9. The van der Waals surface area contributed by atoms with Gasteiger partial charge in [0.2, 0.25) is 27.6 Å². The van der Waals surface area contributed by atoms with Crippen molar-refractivity contribution in [3.8, 4) is 17.1 Å². The Kier molecular flexibility index (Phi) is 8.19. The van der Waals surface area contributed by atoms with Gasteiger partial charge in [0.05, 0.1) is 18.6 Å². The number of hydrogen-bond acceptors (Lipinski definition) is 7. The maximum Gasteiger partial charge on any atom is 0.246 e. The highest BCUT2D eigenvalue weighted by Crippen LogP contribution is 2.27. The number of benzene rings is 2. The minimum absolute atomic E-state index is 0.0976. The highest BCUT2D eigenvalue weighted by atomic mass is 79.9. The van der Waals surface area contributed by atoms with Crippen LogP contribution in [0.2, 0.25) is 0 Å². The van der Waals surface area contributed by atoms with E-state index in [1.807, 2.05) is 24.3 Å². The molecule has 35 heavy (non-hydrogen) atoms. The molecule has 3 aromatic rings. The number of aromatic nitrogens is 2. The number of nitrogens with zero attached hydrogens (tertiary/aromatic N) is 3. The van der Waals surface area contributed by atoms with E-state index in [0.29, 0.717) is 42.5 Å². The van der Waals surface area contributed by atoms with Gasteiger partial charge in [0.1, 0.15) is 5.75 Å². The summed E-state index contributed by atoms with van der Waals surface area (Å²) < 4.78 is 39.1. The molecule has 2 aromatic carbocycles. The number of piperidine rings is 1. The fourth-order valence-corrected chi connectivity index (χ4v) is 5.91. The summed E-state index contributed by atoms with van der Waals surface area (Å²) in [6, 6.07) is 12.3. The van der Waals surface area contributed by atoms with Gasteiger partial charge in [-0.1, -0.05) is 39.6 Å². The van der Waals surface area contributed by atoms with E-state index in [0.717, 1.165) is 29.3 Å². The van der Waals surface area contributed by atoms with Gasteiger partial charge in [-0.3, -0.25) is 4.79 Å². The zero-order valence-electron chi connectivity index (χ0n) is 19.4. The van der Waals surface area contributed by atoms with Crippen LogP contribution in [-0.2, 0) is 27.8 Å². The van der Waals surface area contributed by atoms with Gasteiger partial charge in [0.15, 0.2) is 0 Å². The molecule has 9 nitrogen and oxygen atoms in total. The number of halogens is 1. The highest BCUT2D eigenvalue weighted by Gasteiger charge is 2.26. The Morgan fingerprint density at radius 3 is 2.71 bits per heavy atom. The number of sulfonamides is 1. The highest BCUT2D eigenvalue weighted by molar-refractivity contribution is 9.10. The average Bonchev–Trinajstić information content (AvgIpc) is 3.36. The van der Waals surface area contributed by atoms with Crippen LogP contribution in [0.25, 0.3) is 11.4 Å². The van der Waals surface area contributed by atoms with Gasteiger partial charge in [-0.2, -0.15) is 9.29 Å². The molecule has 1 amide bonds. The first-order chi connectivity index (χ1) is 16.9. The van der Waals surface area contributed by atoms with Gasteiger partial charge in [-0.15, -0.1) is 0 Å². The van der Waals surface area contributed by atoms with E-state index in [1.54, 1.807) is 18.2 Å². The Balaban J connectivity index is 1.36. The summed E-state index contributed by atoms with van der Waals surface area (Å²) in [5.41, 5.74) is 1.46. The molecule has 1 aliphatic rings. The molecule has 11 heteroatoms. The molecule has 186 valence electrons. The molecule has 1 N–H and O–H groups in total. The van der Waals surface area contributed by atoms with Gasteiger partial charge in [-0.25, -0.2) is 8.42 Å². The van der Waals surface area contributed by atoms with Gasteiger partial charge in [-0.05, 0) is 55.2 Å². The number of amides is 1. The van der Waals surface area contributed by atoms with E-state index < -0.39 is 10.0 Å². The summed E-state index contributed by atoms with van der Waals surface area (Å²) in [6.07, 6.45) is 3.26. The lowest BCUT2D eigenvalue weighted by Crippen LogP contribution is -2.35. The predicted molar refractivity (Wildman–Crippen MR) is 133 cm³/mol. The van der Waals surface area contributed by atoms with Gasteiger partial charge in [0.25, 0.3) is 0 Å². The van der Waals surface area contributed by atoms with Crippen LogP contribution in [0, 0.1) is 0 Å². The Morgan fingerprint density at radius 1 is 1.17 bits per heavy atom. The molecule has 0 atom stereocenters. The molecule has 0 spiro atoms. The molecular formula is C24H27BrN4O5S. The zero-order valence-corrected chi connectivity index (χ0v) is 21.8. The summed E-state index contributed by atoms with van der Waals surface area (Å²) in [5, 5.41) is 6.72. The third-order valence-corrected chi connectivity index (χ3v) is 8.20. The van der Waals surface area contributed by atoms with Crippen molar-refractivity contribution in [2.75, 3.05) is 20.2 Å². The van der Waals surface area contributed by atoms with E-state index in [4.69, 9.17) is 9.26 Å². The van der Waals surface area contributed by atoms with Crippen molar-refractivity contribution in [1.29, 1.82) is 0 Å². The average molecular weight is 563 g/mol. The van der Waals surface area contributed by atoms with Crippen LogP contribution in [-0.4, -0.2) is 49.0 Å². The van der Waals surface area contributed by atoms with Crippen molar-refractivity contribution in [3.63, 3.8) is 0 Å². The first kappa shape index (κ1) is 25.3. The number of hydrogen-bond donors (Lipinski definition) is 1. The SMILES string of the molecule is COc1ccc(S(=O)(=O)N2CCCCC2)cc1CCC(=O)NCc1nc(-c2cccc(Br)c2)no1. The predicted octanol–water partition coefficient (Wildman–Crippen LogP) is 3.93. The summed E-state index contributed by atoms with van der Waals surface area (Å²) in [6.45, 7) is 1.16. The van der Waals surface area contributed by atoms with E-state index >= 15 is 0 Å². The maximum absolute atomic E-state index is 13.0. The minimum atomic E-state index is -3.57. The van der Waals surface area contributed by atoms with Crippen LogP contribution >= 0.6 is 15.9 Å². The lowest BCUT2D eigenvalue weighted by atomic mass is 10.1. The Labute approximate surface area is 213 Å². The smallest absolute Gasteiger partial charge is 0.246 e. The second kappa shape index (κ2) is 11.3. The van der Waals surface area contributed by atoms with Crippen molar-refractivity contribution < 1.29 is 22.5 Å². The number of carbonyl (C=O) groups excluding carboxylic acids is 1. The Morgan fingerprint density at radius 2 is 1.97 bits per heavy atom. The van der Waals surface area contributed by atoms with Gasteiger partial charge in [0, 0.05) is 29.5 Å². The van der Waals surface area contributed by atoms with Gasteiger partial charge < -0.3 is 14.6 Å². The molecule has 0 radical (unpaired) electrons. The molecule has 1 aliphatic heterocycles. The topological polar surface area (TPSA) is 115 Å². The Bertz CT molecular complexity index is 1290. The monoisotopic (exact) mass is 562 g/mol. The van der Waals surface area contributed by atoms with Crippen molar-refractivity contribution in [1.82, 2.24) is 19.8 Å². The lowest BCUT2D eigenvalue weighted by molar-refractivity contribution is -0.121. The van der Waals surface area contributed by atoms with E-state index in [2.05, 4.69) is 31.4 Å². The first-order valence-electron chi connectivity index (χ1n) is 11.4. The third-order valence-electron chi connectivity index (χ3n) is 5.81. The van der Waals surface area contributed by atoms with E-state index in [-0.39, 0.29) is 23.8 Å². The number of nitrogens with one attached hydrogen (secondary N) is 1. The van der Waals surface area contributed by atoms with Crippen LogP contribution in [0.15, 0.2) is 56.4 Å². The Hall–Kier alpha value is -2.76. The second-order valence-electron chi connectivity index (χ2n) is 8.24. The van der Waals surface area contributed by atoms with Crippen molar-refractivity contribution in [2.45, 2.75) is 43.5 Å². The van der Waals surface area contributed by atoms with Crippen molar-refractivity contribution in [2.24, 2.45) is 0 Å². The molecule has 0 unspecified atom stereocenters. The quantitative estimate of drug-likeness (QED) is 0.420. The molecular weight excluding hydrogens is 536 g/mol.